The van der Waals surface area contributed by atoms with E-state index in [9.17, 15) is 77.6 Å². The number of aliphatic hydroxyl groups excluding tert-OH is 1. The van der Waals surface area contributed by atoms with Crippen LogP contribution >= 0.6 is 12.6 Å². The molecule has 5 rings (SSSR count). The molecule has 36 heteroatoms. The number of aliphatic carboxylic acids is 2. The standard InChI is InChI=1S/C61H85N19O16S/c1-29(2)49(63)59(94)77-41(20-33-26-80(5)45-15-9-7-12-36(33)45)55(90)73-39(16-17-46(62)82)54(89)76-43(22-48(84)85)57(92)75-40(19-32-23-68-37-13-8-6-11-35(32)37)52(87)69-25-47(83)71-30(3)51(86)74-42(21-34-24-66-28-70-34)56(91)72-38(14-10-18-67-61(64)65)53(88)78-44(27-97)58(93)79-50(31(4)81)60(95)96/h6-9,11-13,15,23-24,26,28-31,38-44,49-50,68,81,97H,10,14,16-22,25,27,63H2,1-5H3,(H2,62,82)(H,66,70)(H,69,87)(H,71,83)(H,72,91)(H,73,90)(H,74,86)(H,75,92)(H,76,89)(H,77,94)(H,78,88)(H,79,93)(H,84,85)(H,95,96)(H4,64,65,67)/t30-,31+,38-,39-,40-,41-,42-,43-,44-,49-,50-/m0/s1. The minimum Gasteiger partial charge on any atom is -0.481 e. The quantitative estimate of drug-likeness (QED) is 0.00761. The monoisotopic (exact) mass is 1370 g/mol. The zero-order valence-electron chi connectivity index (χ0n) is 53.9. The first kappa shape index (κ1) is 77.1. The number of hydrogen-bond acceptors (Lipinski definition) is 18. The van der Waals surface area contributed by atoms with Crippen LogP contribution in [0.3, 0.4) is 0 Å². The molecule has 97 heavy (non-hydrogen) atoms. The Kier molecular flexibility index (Phi) is 29.3. The van der Waals surface area contributed by atoms with Crippen molar-refractivity contribution in [3.8, 4) is 0 Å². The third-order valence-corrected chi connectivity index (χ3v) is 15.8. The smallest absolute Gasteiger partial charge is 0.328 e. The summed E-state index contributed by atoms with van der Waals surface area (Å²) in [6.07, 6.45) is 1.62. The zero-order valence-corrected chi connectivity index (χ0v) is 54.8. The summed E-state index contributed by atoms with van der Waals surface area (Å²) in [5.41, 5.74) is 19.8. The van der Waals surface area contributed by atoms with Gasteiger partial charge in [-0.1, -0.05) is 50.2 Å². The lowest BCUT2D eigenvalue weighted by molar-refractivity contribution is -0.145. The lowest BCUT2D eigenvalue weighted by atomic mass is 10.0. The fourth-order valence-electron chi connectivity index (χ4n) is 10.0. The first-order valence-electron chi connectivity index (χ1n) is 30.8. The number of carboxylic acid groups (broad SMARTS) is 2. The summed E-state index contributed by atoms with van der Waals surface area (Å²) in [6, 6.07) is -1.30. The number of primary amides is 1. The number of thiol groups is 1. The third kappa shape index (κ3) is 23.7. The fraction of sp³-hybridized carbons (Fsp3) is 0.459. The van der Waals surface area contributed by atoms with E-state index in [1.807, 2.05) is 22.8 Å². The summed E-state index contributed by atoms with van der Waals surface area (Å²) >= 11 is 4.11. The Labute approximate surface area is 561 Å². The largest absolute Gasteiger partial charge is 0.481 e. The van der Waals surface area contributed by atoms with Crippen LogP contribution in [0.2, 0.25) is 0 Å². The minimum absolute atomic E-state index is 0.0414. The van der Waals surface area contributed by atoms with Gasteiger partial charge in [0.15, 0.2) is 12.0 Å². The van der Waals surface area contributed by atoms with E-state index in [2.05, 4.69) is 86.1 Å². The summed E-state index contributed by atoms with van der Waals surface area (Å²) in [4.78, 5) is 185. The molecule has 35 nitrogen and oxygen atoms in total. The van der Waals surface area contributed by atoms with Gasteiger partial charge in [-0.05, 0) is 62.3 Å². The number of nitrogens with two attached hydrogens (primary N) is 3. The van der Waals surface area contributed by atoms with Crippen LogP contribution in [0.25, 0.3) is 21.8 Å². The normalized spacial score (nSPS) is 14.6. The lowest BCUT2D eigenvalue weighted by Gasteiger charge is -2.27. The maximum atomic E-state index is 14.4. The number of carbonyl (C=O) groups is 13. The van der Waals surface area contributed by atoms with Crippen molar-refractivity contribution in [3.05, 3.63) is 90.3 Å². The van der Waals surface area contributed by atoms with Crippen LogP contribution in [0.4, 0.5) is 0 Å². The van der Waals surface area contributed by atoms with Gasteiger partial charge in [-0.25, -0.2) is 9.78 Å². The second kappa shape index (κ2) is 36.9. The summed E-state index contributed by atoms with van der Waals surface area (Å²) in [6.45, 7) is 4.94. The number of rotatable bonds is 39. The number of hydrogen-bond donors (Lipinski definition) is 21. The zero-order chi connectivity index (χ0) is 71.8. The van der Waals surface area contributed by atoms with E-state index < -0.39 is 175 Å². The number of aromatic nitrogens is 4. The highest BCUT2D eigenvalue weighted by Crippen LogP contribution is 2.23. The highest BCUT2D eigenvalue weighted by atomic mass is 32.1. The number of carbonyl (C=O) groups excluding carboxylic acids is 11. The molecule has 0 saturated carbocycles. The third-order valence-electron chi connectivity index (χ3n) is 15.4. The molecule has 11 atom stereocenters. The number of aryl methyl sites for hydroxylation is 1. The number of guanidine groups is 1. The Morgan fingerprint density at radius 2 is 1.15 bits per heavy atom. The number of nitrogens with zero attached hydrogens (tertiary/aromatic N) is 2. The predicted molar refractivity (Wildman–Crippen MR) is 353 cm³/mol. The van der Waals surface area contributed by atoms with Crippen LogP contribution in [0.5, 0.6) is 0 Å². The van der Waals surface area contributed by atoms with Crippen molar-refractivity contribution < 1.29 is 77.6 Å². The van der Waals surface area contributed by atoms with Gasteiger partial charge in [0.05, 0.1) is 37.1 Å². The molecule has 0 aliphatic heterocycles. The second-order valence-corrected chi connectivity index (χ2v) is 23.7. The average molecular weight is 1370 g/mol. The number of para-hydroxylation sites is 2. The molecule has 5 aromatic rings. The van der Waals surface area contributed by atoms with Crippen molar-refractivity contribution in [2.24, 2.45) is 30.2 Å². The molecule has 0 aliphatic carbocycles. The molecular weight excluding hydrogens is 1290 g/mol. The number of benzene rings is 2. The molecule has 2 aromatic carbocycles. The van der Waals surface area contributed by atoms with E-state index in [0.717, 1.165) is 17.8 Å². The summed E-state index contributed by atoms with van der Waals surface area (Å²) < 4.78 is 1.82. The second-order valence-electron chi connectivity index (χ2n) is 23.4. The van der Waals surface area contributed by atoms with Gasteiger partial charge in [0.1, 0.15) is 48.3 Å². The molecule has 3 heterocycles. The molecular formula is C61H85N19O16S. The van der Waals surface area contributed by atoms with Crippen LogP contribution < -0.4 is 75.7 Å². The number of aromatic amines is 2. The van der Waals surface area contributed by atoms with Gasteiger partial charge >= 0.3 is 11.9 Å². The molecule has 3 aromatic heterocycles. The van der Waals surface area contributed by atoms with E-state index in [-0.39, 0.29) is 56.0 Å². The Morgan fingerprint density at radius 1 is 0.619 bits per heavy atom. The number of amides is 11. The summed E-state index contributed by atoms with van der Waals surface area (Å²) in [5.74, 6) is -15.1. The van der Waals surface area contributed by atoms with Gasteiger partial charge in [0.25, 0.3) is 0 Å². The number of nitrogens with one attached hydrogen (secondary N) is 14. The van der Waals surface area contributed by atoms with Gasteiger partial charge in [-0.15, -0.1) is 0 Å². The highest BCUT2D eigenvalue weighted by molar-refractivity contribution is 7.80. The summed E-state index contributed by atoms with van der Waals surface area (Å²) in [5, 5.41) is 65.2. The molecule has 23 N–H and O–H groups in total. The minimum atomic E-state index is -1.98. The Balaban J connectivity index is 1.33. The number of H-pyrrole nitrogens is 2. The maximum absolute atomic E-state index is 14.4. The van der Waals surface area contributed by atoms with E-state index in [0.29, 0.717) is 22.0 Å². The van der Waals surface area contributed by atoms with Crippen molar-refractivity contribution in [3.63, 3.8) is 0 Å². The number of aliphatic hydroxyl groups is 1. The fourth-order valence-corrected chi connectivity index (χ4v) is 10.3. The molecule has 0 radical (unpaired) electrons. The summed E-state index contributed by atoms with van der Waals surface area (Å²) in [7, 11) is 1.79. The Bertz CT molecular complexity index is 3650. The van der Waals surface area contributed by atoms with Crippen LogP contribution in [-0.4, -0.2) is 203 Å². The molecule has 0 saturated heterocycles. The maximum Gasteiger partial charge on any atom is 0.328 e. The van der Waals surface area contributed by atoms with Crippen molar-refractivity contribution in [2.75, 3.05) is 18.8 Å². The Hall–Kier alpha value is -10.6. The lowest BCUT2D eigenvalue weighted by Crippen LogP contribution is -2.60. The number of carboxylic acids is 2. The number of imidazole rings is 1. The van der Waals surface area contributed by atoms with Crippen LogP contribution in [0.15, 0.2) is 73.4 Å². The van der Waals surface area contributed by atoms with E-state index in [4.69, 9.17) is 22.6 Å². The van der Waals surface area contributed by atoms with E-state index >= 15 is 0 Å². The number of fused-ring (bicyclic) bond motifs is 2. The van der Waals surface area contributed by atoms with E-state index in [1.165, 1.54) is 19.4 Å². The van der Waals surface area contributed by atoms with Crippen LogP contribution in [0, 0.1) is 11.3 Å². The van der Waals surface area contributed by atoms with Gasteiger partial charge < -0.3 is 106 Å². The van der Waals surface area contributed by atoms with Crippen molar-refractivity contribution in [1.82, 2.24) is 78.0 Å². The molecule has 0 fully saturated rings. The van der Waals surface area contributed by atoms with Crippen LogP contribution in [0.1, 0.15) is 76.6 Å². The predicted octanol–water partition coefficient (Wildman–Crippen LogP) is -4.71. The van der Waals surface area contributed by atoms with Crippen molar-refractivity contribution in [2.45, 2.75) is 146 Å². The van der Waals surface area contributed by atoms with Gasteiger partial charge in [0.2, 0.25) is 65.0 Å². The SMILES string of the molecule is CC(C)[C@H](N)C(=O)N[C@@H](Cc1cn(C)c2ccccc12)C(=O)N[C@@H](CCC(N)=O)C(=O)N[C@@H](CC(=O)O)C(=O)N[C@@H](Cc1c[nH]c2ccccc12)C(=O)NCC(=O)N[C@@H](C)C(=O)N[C@@H](Cc1c[nH]cn1)C(=O)N[C@@H](CCCNC(=N)N)C(=O)N[C@@H](CS)C(=O)N[C@H](C(=O)O)[C@@H](C)O. The van der Waals surface area contributed by atoms with E-state index in [1.54, 1.807) is 63.6 Å². The molecule has 11 amide bonds. The van der Waals surface area contributed by atoms with Crippen molar-refractivity contribution >= 4 is 117 Å². The average Bonchev–Trinajstić information content (AvgIpc) is 1.65. The molecule has 0 aliphatic rings. The van der Waals surface area contributed by atoms with Crippen LogP contribution in [-0.2, 0) is 88.6 Å². The first-order chi connectivity index (χ1) is 45.9. The highest BCUT2D eigenvalue weighted by Gasteiger charge is 2.37. The molecule has 0 unspecified atom stereocenters. The van der Waals surface area contributed by atoms with Crippen molar-refractivity contribution in [1.29, 1.82) is 5.41 Å². The van der Waals surface area contributed by atoms with Gasteiger partial charge in [-0.2, -0.15) is 12.6 Å². The first-order valence-corrected chi connectivity index (χ1v) is 31.4. The van der Waals surface area contributed by atoms with Gasteiger partial charge in [-0.3, -0.25) is 62.9 Å². The molecule has 0 spiro atoms. The van der Waals surface area contributed by atoms with Gasteiger partial charge in [0, 0.05) is 85.4 Å². The Morgan fingerprint density at radius 3 is 1.75 bits per heavy atom. The molecule has 526 valence electrons. The topological polar surface area (TPSA) is 566 Å². The molecule has 0 bridgehead atoms.